The van der Waals surface area contributed by atoms with Crippen LogP contribution in [0.1, 0.15) is 25.7 Å². The molecule has 1 fully saturated rings. The normalized spacial score (nSPS) is 22.9. The third-order valence-corrected chi connectivity index (χ3v) is 3.60. The van der Waals surface area contributed by atoms with Gasteiger partial charge in [0.1, 0.15) is 5.82 Å². The zero-order valence-corrected chi connectivity index (χ0v) is 12.1. The second-order valence-corrected chi connectivity index (χ2v) is 5.29. The van der Waals surface area contributed by atoms with Crippen LogP contribution in [0.3, 0.4) is 0 Å². The van der Waals surface area contributed by atoms with Gasteiger partial charge in [-0.25, -0.2) is 4.39 Å². The first-order valence-electron chi connectivity index (χ1n) is 7.39. The molecule has 0 heterocycles. The fourth-order valence-corrected chi connectivity index (χ4v) is 2.50. The Balaban J connectivity index is 2.03. The van der Waals surface area contributed by atoms with Gasteiger partial charge in [0.05, 0.1) is 13.2 Å². The molecule has 0 bridgehead atoms. The smallest absolute Gasteiger partial charge is 0.196 e. The highest BCUT2D eigenvalue weighted by Crippen LogP contribution is 2.17. The minimum Gasteiger partial charge on any atom is -0.394 e. The van der Waals surface area contributed by atoms with Crippen LogP contribution in [0.2, 0.25) is 0 Å². The summed E-state index contributed by atoms with van der Waals surface area (Å²) in [4.78, 5) is 4.26. The predicted molar refractivity (Wildman–Crippen MR) is 82.8 cm³/mol. The Kier molecular flexibility index (Phi) is 5.95. The molecule has 1 saturated carbocycles. The lowest BCUT2D eigenvalue weighted by Gasteiger charge is -2.30. The van der Waals surface area contributed by atoms with Gasteiger partial charge in [-0.3, -0.25) is 4.99 Å². The van der Waals surface area contributed by atoms with E-state index in [2.05, 4.69) is 15.6 Å². The lowest BCUT2D eigenvalue weighted by Crippen LogP contribution is -2.51. The Morgan fingerprint density at radius 3 is 2.90 bits per heavy atom. The van der Waals surface area contributed by atoms with Gasteiger partial charge in [0.15, 0.2) is 5.96 Å². The fourth-order valence-electron chi connectivity index (χ4n) is 2.50. The van der Waals surface area contributed by atoms with E-state index in [1.54, 1.807) is 12.1 Å². The second-order valence-electron chi connectivity index (χ2n) is 5.29. The van der Waals surface area contributed by atoms with Crippen molar-refractivity contribution in [2.24, 2.45) is 10.7 Å². The first-order chi connectivity index (χ1) is 10.2. The maximum absolute atomic E-state index is 13.2. The van der Waals surface area contributed by atoms with Crippen molar-refractivity contribution in [1.29, 1.82) is 0 Å². The molecule has 21 heavy (non-hydrogen) atoms. The Morgan fingerprint density at radius 1 is 1.38 bits per heavy atom. The van der Waals surface area contributed by atoms with Crippen molar-refractivity contribution in [3.05, 3.63) is 30.1 Å². The molecule has 2 atom stereocenters. The summed E-state index contributed by atoms with van der Waals surface area (Å²) in [5, 5.41) is 15.3. The quantitative estimate of drug-likeness (QED) is 0.500. The highest BCUT2D eigenvalue weighted by Gasteiger charge is 2.22. The van der Waals surface area contributed by atoms with Gasteiger partial charge in [-0.15, -0.1) is 0 Å². The van der Waals surface area contributed by atoms with Gasteiger partial charge in [-0.2, -0.15) is 0 Å². The van der Waals surface area contributed by atoms with E-state index < -0.39 is 0 Å². The predicted octanol–water partition coefficient (Wildman–Crippen LogP) is 1.45. The van der Waals surface area contributed by atoms with Crippen LogP contribution in [0.5, 0.6) is 0 Å². The third kappa shape index (κ3) is 4.99. The van der Waals surface area contributed by atoms with E-state index in [1.807, 2.05) is 0 Å². The number of aliphatic imine (C=N–C) groups is 1. The monoisotopic (exact) mass is 294 g/mol. The van der Waals surface area contributed by atoms with Crippen molar-refractivity contribution in [3.8, 4) is 0 Å². The van der Waals surface area contributed by atoms with E-state index in [-0.39, 0.29) is 31.1 Å². The highest BCUT2D eigenvalue weighted by atomic mass is 19.1. The lowest BCUT2D eigenvalue weighted by atomic mass is 9.91. The lowest BCUT2D eigenvalue weighted by molar-refractivity contribution is 0.306. The van der Waals surface area contributed by atoms with Gasteiger partial charge in [0.2, 0.25) is 0 Å². The summed E-state index contributed by atoms with van der Waals surface area (Å²) in [6, 6.07) is 6.43. The summed E-state index contributed by atoms with van der Waals surface area (Å²) in [6.45, 7) is 0.249. The average Bonchev–Trinajstić information content (AvgIpc) is 2.47. The summed E-state index contributed by atoms with van der Waals surface area (Å²) in [7, 11) is 0. The number of guanidine groups is 1. The molecule has 2 rings (SSSR count). The van der Waals surface area contributed by atoms with Crippen molar-refractivity contribution in [2.75, 3.05) is 18.5 Å². The van der Waals surface area contributed by atoms with Crippen LogP contribution < -0.4 is 16.4 Å². The molecule has 1 aromatic rings. The zero-order chi connectivity index (χ0) is 15.1. The van der Waals surface area contributed by atoms with Gasteiger partial charge in [0.25, 0.3) is 0 Å². The first kappa shape index (κ1) is 15.7. The number of halogens is 1. The molecule has 0 saturated heterocycles. The van der Waals surface area contributed by atoms with E-state index in [0.717, 1.165) is 25.7 Å². The number of nitrogens with two attached hydrogens (primary N) is 1. The number of hydrogen-bond donors (Lipinski definition) is 4. The number of aliphatic hydroxyl groups excluding tert-OH is 1. The van der Waals surface area contributed by atoms with E-state index in [9.17, 15) is 4.39 Å². The van der Waals surface area contributed by atoms with Crippen molar-refractivity contribution in [1.82, 2.24) is 5.32 Å². The molecule has 116 valence electrons. The van der Waals surface area contributed by atoms with Crippen LogP contribution in [-0.2, 0) is 0 Å². The fraction of sp³-hybridized carbons (Fsp3) is 0.533. The molecule has 0 aliphatic heterocycles. The maximum atomic E-state index is 13.2. The molecule has 1 aliphatic rings. The minimum atomic E-state index is -0.309. The molecule has 0 unspecified atom stereocenters. The standard InChI is InChI=1S/C15H23FN4O/c16-11-4-3-5-12(10-11)19-15(18-8-9-21)20-14-7-2-1-6-13(14)17/h3-5,10,13-14,21H,1-2,6-9,17H2,(H2,18,19,20)/t13-,14-/m0/s1. The van der Waals surface area contributed by atoms with E-state index in [1.165, 1.54) is 12.1 Å². The molecule has 0 amide bonds. The van der Waals surface area contributed by atoms with Gasteiger partial charge < -0.3 is 21.5 Å². The van der Waals surface area contributed by atoms with Crippen LogP contribution >= 0.6 is 0 Å². The molecule has 0 radical (unpaired) electrons. The Bertz CT molecular complexity index is 480. The van der Waals surface area contributed by atoms with E-state index >= 15 is 0 Å². The zero-order valence-electron chi connectivity index (χ0n) is 12.1. The largest absolute Gasteiger partial charge is 0.394 e. The van der Waals surface area contributed by atoms with Gasteiger partial charge in [-0.1, -0.05) is 18.9 Å². The van der Waals surface area contributed by atoms with Gasteiger partial charge >= 0.3 is 0 Å². The molecule has 6 heteroatoms. The molecule has 1 aliphatic carbocycles. The van der Waals surface area contributed by atoms with Crippen molar-refractivity contribution < 1.29 is 9.50 Å². The summed E-state index contributed by atoms with van der Waals surface area (Å²) < 4.78 is 13.2. The topological polar surface area (TPSA) is 82.7 Å². The Morgan fingerprint density at radius 2 is 2.19 bits per heavy atom. The van der Waals surface area contributed by atoms with Crippen LogP contribution in [0, 0.1) is 5.82 Å². The molecule has 0 aromatic heterocycles. The minimum absolute atomic E-state index is 0.0350. The van der Waals surface area contributed by atoms with Crippen molar-refractivity contribution in [2.45, 2.75) is 37.8 Å². The van der Waals surface area contributed by atoms with Gasteiger partial charge in [0, 0.05) is 17.8 Å². The summed E-state index contributed by atoms with van der Waals surface area (Å²) >= 11 is 0. The Hall–Kier alpha value is -1.66. The number of hydrogen-bond acceptors (Lipinski definition) is 3. The molecule has 5 nitrogen and oxygen atoms in total. The molecule has 1 aromatic carbocycles. The van der Waals surface area contributed by atoms with E-state index in [0.29, 0.717) is 11.6 Å². The summed E-state index contributed by atoms with van der Waals surface area (Å²) in [5.74, 6) is 0.216. The van der Waals surface area contributed by atoms with Gasteiger partial charge in [-0.05, 0) is 31.0 Å². The number of anilines is 1. The van der Waals surface area contributed by atoms with Crippen LogP contribution in [0.25, 0.3) is 0 Å². The van der Waals surface area contributed by atoms with Crippen LogP contribution in [-0.4, -0.2) is 36.3 Å². The number of rotatable bonds is 4. The average molecular weight is 294 g/mol. The van der Waals surface area contributed by atoms with Crippen LogP contribution in [0.4, 0.5) is 10.1 Å². The first-order valence-corrected chi connectivity index (χ1v) is 7.39. The Labute approximate surface area is 124 Å². The van der Waals surface area contributed by atoms with E-state index in [4.69, 9.17) is 10.8 Å². The number of benzene rings is 1. The number of aliphatic hydroxyl groups is 1. The third-order valence-electron chi connectivity index (χ3n) is 3.60. The number of nitrogens with one attached hydrogen (secondary N) is 2. The highest BCUT2D eigenvalue weighted by molar-refractivity contribution is 5.93. The SMILES string of the molecule is N[C@H]1CCCC[C@@H]1NC(=NCCO)Nc1cccc(F)c1. The second kappa shape index (κ2) is 7.95. The summed E-state index contributed by atoms with van der Waals surface area (Å²) in [6.07, 6.45) is 4.27. The summed E-state index contributed by atoms with van der Waals surface area (Å²) in [5.41, 5.74) is 6.73. The number of nitrogens with zero attached hydrogens (tertiary/aromatic N) is 1. The van der Waals surface area contributed by atoms with Crippen molar-refractivity contribution >= 4 is 11.6 Å². The van der Waals surface area contributed by atoms with Crippen molar-refractivity contribution in [3.63, 3.8) is 0 Å². The molecule has 5 N–H and O–H groups in total. The molecular weight excluding hydrogens is 271 g/mol. The molecular formula is C15H23FN4O. The maximum Gasteiger partial charge on any atom is 0.196 e. The van der Waals surface area contributed by atoms with Crippen LogP contribution in [0.15, 0.2) is 29.3 Å². The molecule has 0 spiro atoms.